The molecule has 1 unspecified atom stereocenters. The maximum absolute atomic E-state index is 3.57. The Balaban J connectivity index is 3.66. The molecule has 0 saturated carbocycles. The first kappa shape index (κ1) is 12.9. The van der Waals surface area contributed by atoms with Crippen LogP contribution in [0, 0.1) is 0 Å². The average Bonchev–Trinajstić information content (AvgIpc) is 1.99. The Hall–Kier alpha value is -0.0800. The summed E-state index contributed by atoms with van der Waals surface area (Å²) >= 11 is 0. The smallest absolute Gasteiger partial charge is 0.0194 e. The fraction of sp³-hybridized carbons (Fsp3) is 1.00. The molecule has 0 aromatic carbocycles. The van der Waals surface area contributed by atoms with Crippen LogP contribution in [-0.4, -0.2) is 24.7 Å². The minimum atomic E-state index is 0.588. The van der Waals surface area contributed by atoms with Crippen LogP contribution in [-0.2, 0) is 0 Å². The first-order valence-corrected chi connectivity index (χ1v) is 5.55. The summed E-state index contributed by atoms with van der Waals surface area (Å²) in [5, 5.41) is 7.05. The average molecular weight is 186 g/mol. The summed E-state index contributed by atoms with van der Waals surface area (Å²) in [5.41, 5.74) is 0. The summed E-state index contributed by atoms with van der Waals surface area (Å²) < 4.78 is 0. The molecule has 0 heterocycles. The molecule has 0 aliphatic heterocycles. The van der Waals surface area contributed by atoms with Gasteiger partial charge in [-0.15, -0.1) is 0 Å². The highest BCUT2D eigenvalue weighted by Gasteiger charge is 2.08. The van der Waals surface area contributed by atoms with Crippen LogP contribution in [0.5, 0.6) is 0 Å². The van der Waals surface area contributed by atoms with Gasteiger partial charge in [0.15, 0.2) is 0 Å². The zero-order valence-corrected chi connectivity index (χ0v) is 9.85. The molecule has 0 aliphatic rings. The van der Waals surface area contributed by atoms with Gasteiger partial charge in [0, 0.05) is 24.7 Å². The van der Waals surface area contributed by atoms with Crippen molar-refractivity contribution in [2.45, 2.75) is 65.6 Å². The lowest BCUT2D eigenvalue weighted by atomic mass is 10.1. The third kappa shape index (κ3) is 8.26. The Labute approximate surface area is 83.5 Å². The Bertz CT molecular complexity index is 111. The fourth-order valence-electron chi connectivity index (χ4n) is 1.44. The Morgan fingerprint density at radius 2 is 1.62 bits per heavy atom. The molecule has 0 aromatic heterocycles. The van der Waals surface area contributed by atoms with Crippen molar-refractivity contribution in [1.82, 2.24) is 10.6 Å². The summed E-state index contributed by atoms with van der Waals surface area (Å²) in [4.78, 5) is 0. The van der Waals surface area contributed by atoms with Crippen molar-refractivity contribution in [2.75, 3.05) is 6.54 Å². The highest BCUT2D eigenvalue weighted by atomic mass is 15.0. The second-order valence-corrected chi connectivity index (χ2v) is 4.37. The van der Waals surface area contributed by atoms with E-state index < -0.39 is 0 Å². The van der Waals surface area contributed by atoms with E-state index in [-0.39, 0.29) is 0 Å². The molecule has 2 N–H and O–H groups in total. The lowest BCUT2D eigenvalue weighted by Gasteiger charge is -2.22. The van der Waals surface area contributed by atoms with Gasteiger partial charge in [-0.05, 0) is 6.42 Å². The van der Waals surface area contributed by atoms with Crippen LogP contribution < -0.4 is 10.6 Å². The molecular weight excluding hydrogens is 160 g/mol. The van der Waals surface area contributed by atoms with E-state index in [1.165, 1.54) is 12.8 Å². The second-order valence-electron chi connectivity index (χ2n) is 4.37. The van der Waals surface area contributed by atoms with Gasteiger partial charge in [0.05, 0.1) is 0 Å². The molecule has 0 spiro atoms. The van der Waals surface area contributed by atoms with E-state index >= 15 is 0 Å². The molecule has 13 heavy (non-hydrogen) atoms. The van der Waals surface area contributed by atoms with Crippen molar-refractivity contribution in [1.29, 1.82) is 0 Å². The molecule has 0 amide bonds. The van der Waals surface area contributed by atoms with E-state index in [1.807, 2.05) is 0 Å². The minimum Gasteiger partial charge on any atom is -0.313 e. The number of rotatable bonds is 7. The van der Waals surface area contributed by atoms with Gasteiger partial charge in [0.25, 0.3) is 0 Å². The Morgan fingerprint density at radius 3 is 2.00 bits per heavy atom. The van der Waals surface area contributed by atoms with Gasteiger partial charge in [-0.1, -0.05) is 41.0 Å². The predicted molar refractivity (Wildman–Crippen MR) is 60.1 cm³/mol. The monoisotopic (exact) mass is 186 g/mol. The van der Waals surface area contributed by atoms with E-state index in [0.29, 0.717) is 18.1 Å². The second kappa shape index (κ2) is 7.34. The minimum absolute atomic E-state index is 0.588. The first-order valence-electron chi connectivity index (χ1n) is 5.55. The first-order chi connectivity index (χ1) is 6.06. The standard InChI is InChI=1S/C11H26N2/c1-6-7-11(13-10(4)5)8-12-9(2)3/h9-13H,6-8H2,1-5H3. The number of hydrogen-bond acceptors (Lipinski definition) is 2. The Kier molecular flexibility index (Phi) is 7.29. The molecule has 2 heteroatoms. The lowest BCUT2D eigenvalue weighted by Crippen LogP contribution is -2.43. The van der Waals surface area contributed by atoms with Gasteiger partial charge in [-0.25, -0.2) is 0 Å². The van der Waals surface area contributed by atoms with E-state index in [0.717, 1.165) is 6.54 Å². The van der Waals surface area contributed by atoms with Crippen LogP contribution in [0.15, 0.2) is 0 Å². The van der Waals surface area contributed by atoms with Gasteiger partial charge in [-0.3, -0.25) is 0 Å². The topological polar surface area (TPSA) is 24.1 Å². The zero-order valence-electron chi connectivity index (χ0n) is 9.85. The van der Waals surface area contributed by atoms with Crippen molar-refractivity contribution in [3.05, 3.63) is 0 Å². The van der Waals surface area contributed by atoms with Crippen LogP contribution >= 0.6 is 0 Å². The van der Waals surface area contributed by atoms with E-state index in [4.69, 9.17) is 0 Å². The van der Waals surface area contributed by atoms with Gasteiger partial charge < -0.3 is 10.6 Å². The van der Waals surface area contributed by atoms with Crippen molar-refractivity contribution in [3.63, 3.8) is 0 Å². The zero-order chi connectivity index (χ0) is 10.3. The van der Waals surface area contributed by atoms with Crippen molar-refractivity contribution < 1.29 is 0 Å². The van der Waals surface area contributed by atoms with Gasteiger partial charge in [-0.2, -0.15) is 0 Å². The quantitative estimate of drug-likeness (QED) is 0.636. The van der Waals surface area contributed by atoms with Gasteiger partial charge >= 0.3 is 0 Å². The highest BCUT2D eigenvalue weighted by Crippen LogP contribution is 1.97. The Morgan fingerprint density at radius 1 is 1.00 bits per heavy atom. The van der Waals surface area contributed by atoms with Crippen molar-refractivity contribution in [2.24, 2.45) is 0 Å². The molecular formula is C11H26N2. The van der Waals surface area contributed by atoms with Gasteiger partial charge in [0.1, 0.15) is 0 Å². The third-order valence-corrected chi connectivity index (χ3v) is 1.98. The lowest BCUT2D eigenvalue weighted by molar-refractivity contribution is 0.399. The molecule has 2 nitrogen and oxygen atoms in total. The van der Waals surface area contributed by atoms with E-state index in [2.05, 4.69) is 45.3 Å². The molecule has 0 saturated heterocycles. The van der Waals surface area contributed by atoms with E-state index in [1.54, 1.807) is 0 Å². The van der Waals surface area contributed by atoms with Crippen LogP contribution in [0.2, 0.25) is 0 Å². The largest absolute Gasteiger partial charge is 0.313 e. The molecule has 0 radical (unpaired) electrons. The molecule has 1 atom stereocenters. The molecule has 80 valence electrons. The van der Waals surface area contributed by atoms with Crippen LogP contribution in [0.1, 0.15) is 47.5 Å². The number of hydrogen-bond donors (Lipinski definition) is 2. The predicted octanol–water partition coefficient (Wildman–Crippen LogP) is 2.15. The van der Waals surface area contributed by atoms with Gasteiger partial charge in [0.2, 0.25) is 0 Å². The summed E-state index contributed by atoms with van der Waals surface area (Å²) in [7, 11) is 0. The summed E-state index contributed by atoms with van der Waals surface area (Å²) in [6, 6.07) is 1.81. The van der Waals surface area contributed by atoms with Crippen molar-refractivity contribution in [3.8, 4) is 0 Å². The van der Waals surface area contributed by atoms with E-state index in [9.17, 15) is 0 Å². The molecule has 0 fully saturated rings. The maximum Gasteiger partial charge on any atom is 0.0194 e. The molecule has 0 rings (SSSR count). The summed E-state index contributed by atoms with van der Waals surface area (Å²) in [6.07, 6.45) is 2.52. The van der Waals surface area contributed by atoms with Crippen molar-refractivity contribution >= 4 is 0 Å². The molecule has 0 aromatic rings. The van der Waals surface area contributed by atoms with Crippen LogP contribution in [0.3, 0.4) is 0 Å². The molecule has 0 bridgehead atoms. The SMILES string of the molecule is CCCC(CNC(C)C)NC(C)C. The molecule has 0 aliphatic carbocycles. The van der Waals surface area contributed by atoms with Crippen LogP contribution in [0.4, 0.5) is 0 Å². The summed E-state index contributed by atoms with van der Waals surface area (Å²) in [6.45, 7) is 12.1. The third-order valence-electron chi connectivity index (χ3n) is 1.98. The normalized spacial score (nSPS) is 14.1. The highest BCUT2D eigenvalue weighted by molar-refractivity contribution is 4.72. The van der Waals surface area contributed by atoms with Crippen LogP contribution in [0.25, 0.3) is 0 Å². The summed E-state index contributed by atoms with van der Waals surface area (Å²) in [5.74, 6) is 0. The maximum atomic E-state index is 3.57. The number of nitrogens with one attached hydrogen (secondary N) is 2. The fourth-order valence-corrected chi connectivity index (χ4v) is 1.44.